The first-order chi connectivity index (χ1) is 12.6. The van der Waals surface area contributed by atoms with Crippen LogP contribution in [0.3, 0.4) is 0 Å². The van der Waals surface area contributed by atoms with E-state index in [4.69, 9.17) is 14.2 Å². The van der Waals surface area contributed by atoms with E-state index in [-0.39, 0.29) is 18.2 Å². The van der Waals surface area contributed by atoms with Crippen LogP contribution < -0.4 is 24.4 Å². The number of methoxy groups -OCH3 is 3. The largest absolute Gasteiger partial charge is 0.493 e. The fraction of sp³-hybridized carbons (Fsp3) is 0.471. The zero-order valence-corrected chi connectivity index (χ0v) is 15.7. The van der Waals surface area contributed by atoms with Gasteiger partial charge in [0.15, 0.2) is 16.7 Å². The molecule has 1 fully saturated rings. The Labute approximate surface area is 155 Å². The highest BCUT2D eigenvalue weighted by atomic mass is 32.2. The number of hydrogen-bond acceptors (Lipinski definition) is 7. The molecule has 9 heteroatoms. The van der Waals surface area contributed by atoms with Gasteiger partial charge in [-0.25, -0.2) is 0 Å². The van der Waals surface area contributed by atoms with E-state index in [0.717, 1.165) is 5.75 Å². The number of amidine groups is 1. The molecule has 1 atom stereocenters. The van der Waals surface area contributed by atoms with Gasteiger partial charge in [-0.15, -0.1) is 0 Å². The highest BCUT2D eigenvalue weighted by molar-refractivity contribution is 8.14. The Hall–Kier alpha value is -2.42. The Bertz CT molecular complexity index is 727. The van der Waals surface area contributed by atoms with Gasteiger partial charge in [0.2, 0.25) is 17.6 Å². The van der Waals surface area contributed by atoms with Crippen molar-refractivity contribution >= 4 is 34.4 Å². The van der Waals surface area contributed by atoms with E-state index in [2.05, 4.69) is 10.3 Å². The molecular formula is C17H21N3O5S. The maximum Gasteiger partial charge on any atom is 0.231 e. The third-order valence-corrected chi connectivity index (χ3v) is 5.16. The molecule has 0 aliphatic carbocycles. The molecule has 1 N–H and O–H groups in total. The van der Waals surface area contributed by atoms with Gasteiger partial charge in [0.05, 0.1) is 39.5 Å². The molecular weight excluding hydrogens is 358 g/mol. The molecule has 2 aliphatic rings. The molecule has 26 heavy (non-hydrogen) atoms. The number of anilines is 1. The third-order valence-electron chi connectivity index (χ3n) is 4.27. The van der Waals surface area contributed by atoms with Crippen LogP contribution in [0.5, 0.6) is 17.2 Å². The SMILES string of the molecule is COc1cc(N2CC(C(=O)NC3=NCCS3)CC2=O)cc(OC)c1OC. The molecule has 2 amide bonds. The summed E-state index contributed by atoms with van der Waals surface area (Å²) in [6.07, 6.45) is 0.153. The first-order valence-electron chi connectivity index (χ1n) is 8.15. The monoisotopic (exact) mass is 379 g/mol. The molecule has 3 rings (SSSR count). The molecule has 1 unspecified atom stereocenters. The van der Waals surface area contributed by atoms with Crippen molar-refractivity contribution in [3.05, 3.63) is 12.1 Å². The number of carbonyl (C=O) groups is 2. The molecule has 1 aromatic carbocycles. The zero-order chi connectivity index (χ0) is 18.7. The summed E-state index contributed by atoms with van der Waals surface area (Å²) in [6.45, 7) is 1.00. The van der Waals surface area contributed by atoms with Gasteiger partial charge < -0.3 is 24.4 Å². The van der Waals surface area contributed by atoms with E-state index >= 15 is 0 Å². The number of ether oxygens (including phenoxy) is 3. The van der Waals surface area contributed by atoms with Crippen molar-refractivity contribution in [2.24, 2.45) is 10.9 Å². The lowest BCUT2D eigenvalue weighted by atomic mass is 10.1. The fourth-order valence-corrected chi connectivity index (χ4v) is 3.71. The van der Waals surface area contributed by atoms with Crippen LogP contribution in [-0.2, 0) is 9.59 Å². The number of benzene rings is 1. The number of nitrogens with one attached hydrogen (secondary N) is 1. The molecule has 0 aromatic heterocycles. The molecule has 2 aliphatic heterocycles. The van der Waals surface area contributed by atoms with Gasteiger partial charge in [0.25, 0.3) is 0 Å². The number of nitrogens with zero attached hydrogens (tertiary/aromatic N) is 2. The van der Waals surface area contributed by atoms with Crippen LogP contribution in [0.4, 0.5) is 5.69 Å². The van der Waals surface area contributed by atoms with E-state index in [1.165, 1.54) is 33.1 Å². The van der Waals surface area contributed by atoms with Crippen LogP contribution in [-0.4, -0.2) is 57.2 Å². The van der Waals surface area contributed by atoms with Crippen LogP contribution in [0.2, 0.25) is 0 Å². The van der Waals surface area contributed by atoms with Crippen molar-refractivity contribution in [1.29, 1.82) is 0 Å². The van der Waals surface area contributed by atoms with Crippen LogP contribution >= 0.6 is 11.8 Å². The van der Waals surface area contributed by atoms with Crippen LogP contribution in [0.15, 0.2) is 17.1 Å². The quantitative estimate of drug-likeness (QED) is 0.829. The third kappa shape index (κ3) is 3.57. The lowest BCUT2D eigenvalue weighted by molar-refractivity contribution is -0.125. The molecule has 1 saturated heterocycles. The minimum atomic E-state index is -0.425. The van der Waals surface area contributed by atoms with Crippen molar-refractivity contribution in [1.82, 2.24) is 5.32 Å². The second kappa shape index (κ2) is 7.86. The first-order valence-corrected chi connectivity index (χ1v) is 9.14. The summed E-state index contributed by atoms with van der Waals surface area (Å²) in [6, 6.07) is 3.41. The lowest BCUT2D eigenvalue weighted by Crippen LogP contribution is -2.35. The standard InChI is InChI=1S/C17H21N3O5S/c1-23-12-7-11(8-13(24-2)15(12)25-3)20-9-10(6-14(20)21)16(22)19-17-18-4-5-26-17/h7-8,10H,4-6,9H2,1-3H3,(H,18,19,22). The molecule has 140 valence electrons. The fourth-order valence-electron chi connectivity index (χ4n) is 2.97. The lowest BCUT2D eigenvalue weighted by Gasteiger charge is -2.20. The number of aliphatic imine (C=N–C) groups is 1. The van der Waals surface area contributed by atoms with E-state index in [0.29, 0.717) is 41.2 Å². The van der Waals surface area contributed by atoms with Crippen LogP contribution in [0.25, 0.3) is 0 Å². The number of amides is 2. The smallest absolute Gasteiger partial charge is 0.231 e. The van der Waals surface area contributed by atoms with E-state index in [1.54, 1.807) is 17.0 Å². The summed E-state index contributed by atoms with van der Waals surface area (Å²) in [4.78, 5) is 30.7. The van der Waals surface area contributed by atoms with Crippen molar-refractivity contribution in [2.75, 3.05) is 45.1 Å². The second-order valence-electron chi connectivity index (χ2n) is 5.81. The predicted molar refractivity (Wildman–Crippen MR) is 99.5 cm³/mol. The van der Waals surface area contributed by atoms with Crippen molar-refractivity contribution in [3.63, 3.8) is 0 Å². The first kappa shape index (κ1) is 18.4. The number of rotatable bonds is 5. The molecule has 1 aromatic rings. The summed E-state index contributed by atoms with van der Waals surface area (Å²) in [5.74, 6) is 1.51. The Morgan fingerprint density at radius 3 is 2.46 bits per heavy atom. The molecule has 0 spiro atoms. The summed E-state index contributed by atoms with van der Waals surface area (Å²) in [5.41, 5.74) is 0.604. The summed E-state index contributed by atoms with van der Waals surface area (Å²) in [5, 5.41) is 3.44. The maximum absolute atomic E-state index is 12.5. The van der Waals surface area contributed by atoms with Gasteiger partial charge in [-0.05, 0) is 0 Å². The van der Waals surface area contributed by atoms with E-state index in [1.807, 2.05) is 0 Å². The Kier molecular flexibility index (Phi) is 5.55. The van der Waals surface area contributed by atoms with Crippen LogP contribution in [0.1, 0.15) is 6.42 Å². The van der Waals surface area contributed by atoms with Crippen molar-refractivity contribution < 1.29 is 23.8 Å². The molecule has 0 radical (unpaired) electrons. The Morgan fingerprint density at radius 2 is 1.92 bits per heavy atom. The van der Waals surface area contributed by atoms with Gasteiger partial charge in [-0.1, -0.05) is 11.8 Å². The topological polar surface area (TPSA) is 89.5 Å². The zero-order valence-electron chi connectivity index (χ0n) is 14.9. The summed E-state index contributed by atoms with van der Waals surface area (Å²) in [7, 11) is 4.55. The summed E-state index contributed by atoms with van der Waals surface area (Å²) < 4.78 is 16.0. The maximum atomic E-state index is 12.5. The predicted octanol–water partition coefficient (Wildman–Crippen LogP) is 1.28. The normalized spacial score (nSPS) is 19.3. The Balaban J connectivity index is 1.79. The van der Waals surface area contributed by atoms with Gasteiger partial charge in [0, 0.05) is 30.9 Å². The molecule has 0 saturated carbocycles. The average molecular weight is 379 g/mol. The highest BCUT2D eigenvalue weighted by Crippen LogP contribution is 2.42. The molecule has 8 nitrogen and oxygen atoms in total. The van der Waals surface area contributed by atoms with E-state index in [9.17, 15) is 9.59 Å². The number of thioether (sulfide) groups is 1. The molecule has 2 heterocycles. The van der Waals surface area contributed by atoms with Gasteiger partial charge in [-0.3, -0.25) is 14.6 Å². The minimum absolute atomic E-state index is 0.125. The molecule has 0 bridgehead atoms. The Morgan fingerprint density at radius 1 is 1.23 bits per heavy atom. The average Bonchev–Trinajstić information content (AvgIpc) is 3.29. The van der Waals surface area contributed by atoms with E-state index < -0.39 is 5.92 Å². The highest BCUT2D eigenvalue weighted by Gasteiger charge is 2.36. The van der Waals surface area contributed by atoms with Gasteiger partial charge in [0.1, 0.15) is 0 Å². The second-order valence-corrected chi connectivity index (χ2v) is 6.90. The summed E-state index contributed by atoms with van der Waals surface area (Å²) >= 11 is 1.51. The van der Waals surface area contributed by atoms with Crippen molar-refractivity contribution in [3.8, 4) is 17.2 Å². The van der Waals surface area contributed by atoms with Gasteiger partial charge in [-0.2, -0.15) is 0 Å². The number of carbonyl (C=O) groups excluding carboxylic acids is 2. The van der Waals surface area contributed by atoms with Gasteiger partial charge >= 0.3 is 0 Å². The van der Waals surface area contributed by atoms with Crippen molar-refractivity contribution in [2.45, 2.75) is 6.42 Å². The minimum Gasteiger partial charge on any atom is -0.493 e. The van der Waals surface area contributed by atoms with Crippen LogP contribution in [0, 0.1) is 5.92 Å². The number of hydrogen-bond donors (Lipinski definition) is 1.